The Kier molecular flexibility index (Phi) is 36.2. The predicted molar refractivity (Wildman–Crippen MR) is 210 cm³/mol. The van der Waals surface area contributed by atoms with Crippen molar-refractivity contribution in [3.05, 3.63) is 48.6 Å². The first-order valence-electron chi connectivity index (χ1n) is 20.1. The van der Waals surface area contributed by atoms with Crippen LogP contribution in [-0.4, -0.2) is 49.3 Å². The number of phosphoric ester groups is 1. The second-order valence-corrected chi connectivity index (χ2v) is 14.6. The van der Waals surface area contributed by atoms with Crippen LogP contribution < -0.4 is 5.73 Å². The maximum absolute atomic E-state index is 12.5. The Morgan fingerprint density at radius 3 is 1.61 bits per heavy atom. The Morgan fingerprint density at radius 1 is 0.608 bits per heavy atom. The van der Waals surface area contributed by atoms with Gasteiger partial charge in [0.05, 0.1) is 13.2 Å². The molecule has 3 N–H and O–H groups in total. The van der Waals surface area contributed by atoms with Crippen molar-refractivity contribution in [1.29, 1.82) is 0 Å². The third-order valence-corrected chi connectivity index (χ3v) is 9.21. The molecule has 0 fully saturated rings. The minimum Gasteiger partial charge on any atom is -0.462 e. The molecule has 51 heavy (non-hydrogen) atoms. The highest BCUT2D eigenvalue weighted by molar-refractivity contribution is 7.47. The summed E-state index contributed by atoms with van der Waals surface area (Å²) in [7, 11) is -4.38. The molecule has 0 aromatic rings. The Bertz CT molecular complexity index is 981. The third-order valence-electron chi connectivity index (χ3n) is 8.23. The first-order chi connectivity index (χ1) is 24.8. The van der Waals surface area contributed by atoms with Crippen molar-refractivity contribution in [3.63, 3.8) is 0 Å². The molecule has 0 aromatic carbocycles. The summed E-state index contributed by atoms with van der Waals surface area (Å²) in [6, 6.07) is 0. The molecule has 0 bridgehead atoms. The SMILES string of the molecule is CC/C=C\C/C=C\C/C=C\C/C=C\CCCCC(=O)OC[C@H](COP(=O)(O)OCCN)OC(=O)CCCCCCCCCCCCCCCCC. The van der Waals surface area contributed by atoms with E-state index in [0.29, 0.717) is 12.8 Å². The highest BCUT2D eigenvalue weighted by atomic mass is 31.2. The van der Waals surface area contributed by atoms with E-state index in [9.17, 15) is 19.0 Å². The number of hydrogen-bond acceptors (Lipinski definition) is 8. The van der Waals surface area contributed by atoms with Crippen molar-refractivity contribution in [2.45, 2.75) is 174 Å². The van der Waals surface area contributed by atoms with Crippen molar-refractivity contribution < 1.29 is 37.6 Å². The van der Waals surface area contributed by atoms with Gasteiger partial charge in [-0.15, -0.1) is 0 Å². The fraction of sp³-hybridized carbons (Fsp3) is 0.756. The van der Waals surface area contributed by atoms with Crippen LogP contribution in [0.2, 0.25) is 0 Å². The van der Waals surface area contributed by atoms with Gasteiger partial charge >= 0.3 is 19.8 Å². The minimum absolute atomic E-state index is 0.0471. The first-order valence-corrected chi connectivity index (χ1v) is 21.6. The number of carbonyl (C=O) groups is 2. The number of hydrogen-bond donors (Lipinski definition) is 2. The molecule has 0 saturated carbocycles. The summed E-state index contributed by atoms with van der Waals surface area (Å²) in [5.74, 6) is -0.877. The highest BCUT2D eigenvalue weighted by Crippen LogP contribution is 2.43. The van der Waals surface area contributed by atoms with E-state index in [1.165, 1.54) is 70.6 Å². The van der Waals surface area contributed by atoms with Gasteiger partial charge in [-0.1, -0.05) is 152 Å². The molecule has 10 heteroatoms. The first kappa shape index (κ1) is 49.0. The van der Waals surface area contributed by atoms with Gasteiger partial charge in [0.1, 0.15) is 6.61 Å². The zero-order valence-electron chi connectivity index (χ0n) is 32.3. The fourth-order valence-corrected chi connectivity index (χ4v) is 6.04. The maximum atomic E-state index is 12.5. The van der Waals surface area contributed by atoms with Gasteiger partial charge in [0.15, 0.2) is 6.10 Å². The Hall–Kier alpha value is -2.03. The van der Waals surface area contributed by atoms with Crippen molar-refractivity contribution in [3.8, 4) is 0 Å². The molecule has 1 unspecified atom stereocenters. The van der Waals surface area contributed by atoms with Crippen LogP contribution in [0.3, 0.4) is 0 Å². The summed E-state index contributed by atoms with van der Waals surface area (Å²) in [4.78, 5) is 34.8. The summed E-state index contributed by atoms with van der Waals surface area (Å²) in [6.45, 7) is 3.56. The van der Waals surface area contributed by atoms with Crippen molar-refractivity contribution in [2.75, 3.05) is 26.4 Å². The molecule has 0 aromatic heterocycles. The molecule has 0 saturated heterocycles. The number of unbranched alkanes of at least 4 members (excludes halogenated alkanes) is 16. The molecular weight excluding hydrogens is 665 g/mol. The topological polar surface area (TPSA) is 134 Å². The lowest BCUT2D eigenvalue weighted by molar-refractivity contribution is -0.161. The number of rotatable bonds is 37. The lowest BCUT2D eigenvalue weighted by Gasteiger charge is -2.19. The van der Waals surface area contributed by atoms with E-state index in [4.69, 9.17) is 24.3 Å². The number of allylic oxidation sites excluding steroid dienone is 8. The van der Waals surface area contributed by atoms with Crippen LogP contribution in [0.15, 0.2) is 48.6 Å². The fourth-order valence-electron chi connectivity index (χ4n) is 5.27. The number of ether oxygens (including phenoxy) is 2. The van der Waals surface area contributed by atoms with E-state index in [-0.39, 0.29) is 32.6 Å². The Labute approximate surface area is 311 Å². The largest absolute Gasteiger partial charge is 0.472 e. The molecule has 0 spiro atoms. The minimum atomic E-state index is -4.38. The van der Waals surface area contributed by atoms with Crippen molar-refractivity contribution >= 4 is 19.8 Å². The van der Waals surface area contributed by atoms with Crippen LogP contribution in [-0.2, 0) is 32.7 Å². The van der Waals surface area contributed by atoms with E-state index in [1.807, 2.05) is 0 Å². The van der Waals surface area contributed by atoms with E-state index < -0.39 is 32.5 Å². The molecule has 9 nitrogen and oxygen atoms in total. The molecule has 2 atom stereocenters. The molecule has 0 aliphatic rings. The second kappa shape index (κ2) is 37.7. The van der Waals surface area contributed by atoms with Gasteiger partial charge in [-0.05, 0) is 51.4 Å². The number of phosphoric acid groups is 1. The van der Waals surface area contributed by atoms with E-state index in [2.05, 4.69) is 62.5 Å². The smallest absolute Gasteiger partial charge is 0.462 e. The number of carbonyl (C=O) groups excluding carboxylic acids is 2. The molecule has 0 radical (unpaired) electrons. The summed E-state index contributed by atoms with van der Waals surface area (Å²) in [5, 5.41) is 0. The normalized spacial score (nSPS) is 13.9. The number of nitrogens with two attached hydrogens (primary N) is 1. The van der Waals surface area contributed by atoms with Crippen LogP contribution in [0.5, 0.6) is 0 Å². The van der Waals surface area contributed by atoms with Gasteiger partial charge < -0.3 is 20.1 Å². The van der Waals surface area contributed by atoms with Crippen LogP contribution in [0.4, 0.5) is 0 Å². The molecular formula is C41H74NO8P. The predicted octanol–water partition coefficient (Wildman–Crippen LogP) is 11.2. The van der Waals surface area contributed by atoms with Gasteiger partial charge in [0.2, 0.25) is 0 Å². The zero-order valence-corrected chi connectivity index (χ0v) is 33.2. The van der Waals surface area contributed by atoms with Gasteiger partial charge in [0, 0.05) is 19.4 Å². The molecule has 0 heterocycles. The summed E-state index contributed by atoms with van der Waals surface area (Å²) in [6.07, 6.45) is 41.4. The monoisotopic (exact) mass is 740 g/mol. The van der Waals surface area contributed by atoms with Crippen LogP contribution in [0, 0.1) is 0 Å². The summed E-state index contributed by atoms with van der Waals surface area (Å²) in [5.41, 5.74) is 5.33. The molecule has 296 valence electrons. The Balaban J connectivity index is 4.26. The summed E-state index contributed by atoms with van der Waals surface area (Å²) >= 11 is 0. The van der Waals surface area contributed by atoms with Crippen LogP contribution >= 0.6 is 7.82 Å². The van der Waals surface area contributed by atoms with Crippen LogP contribution in [0.25, 0.3) is 0 Å². The molecule has 0 amide bonds. The van der Waals surface area contributed by atoms with Crippen LogP contribution in [0.1, 0.15) is 168 Å². The quantitative estimate of drug-likeness (QED) is 0.0276. The van der Waals surface area contributed by atoms with Crippen molar-refractivity contribution in [1.82, 2.24) is 0 Å². The summed E-state index contributed by atoms with van der Waals surface area (Å²) < 4.78 is 32.7. The maximum Gasteiger partial charge on any atom is 0.472 e. The third kappa shape index (κ3) is 37.5. The molecule has 0 aliphatic carbocycles. The second-order valence-electron chi connectivity index (χ2n) is 13.1. The van der Waals surface area contributed by atoms with Gasteiger partial charge in [0.25, 0.3) is 0 Å². The molecule has 0 rings (SSSR count). The molecule has 0 aliphatic heterocycles. The Morgan fingerprint density at radius 2 is 1.08 bits per heavy atom. The lowest BCUT2D eigenvalue weighted by atomic mass is 10.0. The standard InChI is InChI=1S/C41H74NO8P/c1-3-5-7-9-11-13-15-17-19-21-23-25-27-29-31-33-40(43)47-37-39(38-49-51(45,46)48-36-35-42)50-41(44)34-32-30-28-26-24-22-20-18-16-14-12-10-8-6-4-2/h5,7,11,13,17,19,23,25,39H,3-4,6,8-10,12,14-16,18,20-22,24,26-38,42H2,1-2H3,(H,45,46)/b7-5-,13-11-,19-17-,25-23-/t39-/m1/s1. The van der Waals surface area contributed by atoms with Crippen molar-refractivity contribution in [2.24, 2.45) is 5.73 Å². The average molecular weight is 740 g/mol. The van der Waals surface area contributed by atoms with E-state index >= 15 is 0 Å². The zero-order chi connectivity index (χ0) is 37.5. The van der Waals surface area contributed by atoms with E-state index in [1.54, 1.807) is 0 Å². The highest BCUT2D eigenvalue weighted by Gasteiger charge is 2.25. The van der Waals surface area contributed by atoms with Gasteiger partial charge in [-0.2, -0.15) is 0 Å². The average Bonchev–Trinajstić information content (AvgIpc) is 3.11. The lowest BCUT2D eigenvalue weighted by Crippen LogP contribution is -2.29. The number of esters is 2. The van der Waals surface area contributed by atoms with Gasteiger partial charge in [-0.25, -0.2) is 4.57 Å². The van der Waals surface area contributed by atoms with Gasteiger partial charge in [-0.3, -0.25) is 18.6 Å². The van der Waals surface area contributed by atoms with E-state index in [0.717, 1.165) is 57.8 Å².